The molecular weight excluding hydrogens is 310 g/mol. The summed E-state index contributed by atoms with van der Waals surface area (Å²) >= 11 is 1.34. The Bertz CT molecular complexity index is 628. The number of aryl methyl sites for hydroxylation is 2. The van der Waals surface area contributed by atoms with Crippen molar-refractivity contribution >= 4 is 23.1 Å². The molecule has 0 atom stereocenters. The molecule has 0 unspecified atom stereocenters. The van der Waals surface area contributed by atoms with Crippen LogP contribution in [0.3, 0.4) is 0 Å². The van der Waals surface area contributed by atoms with Crippen LogP contribution in [-0.2, 0) is 9.53 Å². The summed E-state index contributed by atoms with van der Waals surface area (Å²) in [5.74, 6) is 1.95. The van der Waals surface area contributed by atoms with Crippen molar-refractivity contribution in [3.8, 4) is 0 Å². The predicted molar refractivity (Wildman–Crippen MR) is 87.5 cm³/mol. The minimum atomic E-state index is -0.397. The second-order valence-corrected chi connectivity index (χ2v) is 9.05. The molecule has 5 heteroatoms. The molecule has 124 valence electrons. The third-order valence-corrected chi connectivity index (χ3v) is 7.11. The van der Waals surface area contributed by atoms with E-state index in [9.17, 15) is 9.59 Å². The predicted octanol–water partition coefficient (Wildman–Crippen LogP) is 3.70. The van der Waals surface area contributed by atoms with Crippen LogP contribution in [0.4, 0.5) is 0 Å². The molecule has 4 nitrogen and oxygen atoms in total. The highest BCUT2D eigenvalue weighted by Crippen LogP contribution is 2.60. The third kappa shape index (κ3) is 2.63. The number of carbonyl (C=O) groups excluding carboxylic acids is 2. The van der Waals surface area contributed by atoms with Crippen LogP contribution in [0.1, 0.15) is 58.9 Å². The van der Waals surface area contributed by atoms with Crippen molar-refractivity contribution in [1.29, 1.82) is 0 Å². The first-order chi connectivity index (χ1) is 10.9. The van der Waals surface area contributed by atoms with Crippen molar-refractivity contribution in [3.63, 3.8) is 0 Å². The number of thiazole rings is 1. The molecule has 4 aliphatic carbocycles. The number of aromatic nitrogens is 1. The Kier molecular flexibility index (Phi) is 3.59. The van der Waals surface area contributed by atoms with E-state index in [1.165, 1.54) is 30.6 Å². The zero-order valence-corrected chi connectivity index (χ0v) is 14.6. The summed E-state index contributed by atoms with van der Waals surface area (Å²) in [6.45, 7) is 3.61. The molecule has 4 saturated carbocycles. The van der Waals surface area contributed by atoms with Gasteiger partial charge in [0.1, 0.15) is 4.88 Å². The Balaban J connectivity index is 1.42. The van der Waals surface area contributed by atoms with Crippen molar-refractivity contribution in [3.05, 3.63) is 15.6 Å². The number of nitrogens with zero attached hydrogens (tertiary/aromatic N) is 1. The molecule has 0 N–H and O–H groups in total. The highest BCUT2D eigenvalue weighted by molar-refractivity contribution is 7.13. The average Bonchev–Trinajstić information content (AvgIpc) is 2.81. The van der Waals surface area contributed by atoms with Crippen LogP contribution in [0.5, 0.6) is 0 Å². The van der Waals surface area contributed by atoms with Crippen LogP contribution in [-0.4, -0.2) is 23.3 Å². The van der Waals surface area contributed by atoms with E-state index in [4.69, 9.17) is 4.74 Å². The lowest BCUT2D eigenvalue weighted by Crippen LogP contribution is -2.51. The first-order valence-corrected chi connectivity index (χ1v) is 9.41. The molecule has 1 aromatic heterocycles. The summed E-state index contributed by atoms with van der Waals surface area (Å²) in [6, 6.07) is 0. The van der Waals surface area contributed by atoms with Gasteiger partial charge in [-0.1, -0.05) is 0 Å². The molecular formula is C18H23NO3S. The molecule has 0 spiro atoms. The second kappa shape index (κ2) is 5.40. The van der Waals surface area contributed by atoms with E-state index >= 15 is 0 Å². The Morgan fingerprint density at radius 2 is 1.70 bits per heavy atom. The number of Topliss-reactive ketones (excluding diaryl/α,β-unsaturated/α-hetero) is 1. The Morgan fingerprint density at radius 3 is 2.17 bits per heavy atom. The van der Waals surface area contributed by atoms with E-state index in [0.717, 1.165) is 42.0 Å². The smallest absolute Gasteiger partial charge is 0.350 e. The molecule has 23 heavy (non-hydrogen) atoms. The molecule has 1 heterocycles. The normalized spacial score (nSPS) is 34.6. The van der Waals surface area contributed by atoms with Crippen LogP contribution < -0.4 is 0 Å². The standard InChI is InChI=1S/C18H23NO3S/c1-10-16(23-11(2)19-10)17(21)22-9-15(20)18-6-12-3-13(7-18)5-14(4-12)8-18/h12-14H,3-9H2,1-2H3. The van der Waals surface area contributed by atoms with Gasteiger partial charge in [-0.15, -0.1) is 11.3 Å². The molecule has 4 fully saturated rings. The maximum absolute atomic E-state index is 12.8. The van der Waals surface area contributed by atoms with Gasteiger partial charge in [0.25, 0.3) is 0 Å². The molecule has 5 rings (SSSR count). The molecule has 0 aliphatic heterocycles. The molecule has 4 aliphatic rings. The molecule has 0 radical (unpaired) electrons. The van der Waals surface area contributed by atoms with E-state index in [0.29, 0.717) is 10.6 Å². The summed E-state index contributed by atoms with van der Waals surface area (Å²) < 4.78 is 5.36. The maximum Gasteiger partial charge on any atom is 0.350 e. The van der Waals surface area contributed by atoms with Crippen molar-refractivity contribution in [1.82, 2.24) is 4.98 Å². The number of ether oxygens (including phenoxy) is 1. The quantitative estimate of drug-likeness (QED) is 0.788. The number of hydrogen-bond donors (Lipinski definition) is 0. The van der Waals surface area contributed by atoms with Crippen LogP contribution in [0, 0.1) is 37.0 Å². The fourth-order valence-electron chi connectivity index (χ4n) is 5.52. The van der Waals surface area contributed by atoms with E-state index in [-0.39, 0.29) is 17.8 Å². The summed E-state index contributed by atoms with van der Waals surface area (Å²) in [6.07, 6.45) is 7.00. The average molecular weight is 333 g/mol. The van der Waals surface area contributed by atoms with E-state index in [1.807, 2.05) is 6.92 Å². The van der Waals surface area contributed by atoms with Gasteiger partial charge in [-0.25, -0.2) is 9.78 Å². The highest BCUT2D eigenvalue weighted by Gasteiger charge is 2.54. The SMILES string of the molecule is Cc1nc(C)c(C(=O)OCC(=O)C23CC4CC(CC(C4)C2)C3)s1. The molecule has 1 aromatic rings. The fraction of sp³-hybridized carbons (Fsp3) is 0.722. The summed E-state index contributed by atoms with van der Waals surface area (Å²) in [5, 5.41) is 0.849. The van der Waals surface area contributed by atoms with Gasteiger partial charge in [0.05, 0.1) is 10.7 Å². The van der Waals surface area contributed by atoms with Gasteiger partial charge in [-0.3, -0.25) is 4.79 Å². The third-order valence-electron chi connectivity index (χ3n) is 6.05. The molecule has 0 amide bonds. The summed E-state index contributed by atoms with van der Waals surface area (Å²) in [7, 11) is 0. The van der Waals surface area contributed by atoms with Gasteiger partial charge in [0.2, 0.25) is 0 Å². The van der Waals surface area contributed by atoms with Gasteiger partial charge in [0.15, 0.2) is 12.4 Å². The van der Waals surface area contributed by atoms with Crippen molar-refractivity contribution < 1.29 is 14.3 Å². The van der Waals surface area contributed by atoms with Crippen LogP contribution in [0.25, 0.3) is 0 Å². The van der Waals surface area contributed by atoms with Gasteiger partial charge >= 0.3 is 5.97 Å². The number of ketones is 1. The number of esters is 1. The monoisotopic (exact) mass is 333 g/mol. The lowest BCUT2D eigenvalue weighted by atomic mass is 9.48. The molecule has 0 aromatic carbocycles. The van der Waals surface area contributed by atoms with E-state index in [1.54, 1.807) is 6.92 Å². The van der Waals surface area contributed by atoms with Gasteiger partial charge in [-0.05, 0) is 70.1 Å². The summed E-state index contributed by atoms with van der Waals surface area (Å²) in [5.41, 5.74) is 0.507. The van der Waals surface area contributed by atoms with Crippen LogP contribution in [0.15, 0.2) is 0 Å². The Labute approximate surface area is 140 Å². The zero-order chi connectivity index (χ0) is 16.2. The number of carbonyl (C=O) groups is 2. The second-order valence-electron chi connectivity index (χ2n) is 7.84. The largest absolute Gasteiger partial charge is 0.453 e. The van der Waals surface area contributed by atoms with Crippen LogP contribution in [0.2, 0.25) is 0 Å². The lowest BCUT2D eigenvalue weighted by molar-refractivity contribution is -0.147. The van der Waals surface area contributed by atoms with Gasteiger partial charge in [-0.2, -0.15) is 0 Å². The maximum atomic E-state index is 12.8. The van der Waals surface area contributed by atoms with Gasteiger partial charge < -0.3 is 4.74 Å². The van der Waals surface area contributed by atoms with Crippen LogP contribution >= 0.6 is 11.3 Å². The Hall–Kier alpha value is -1.23. The van der Waals surface area contributed by atoms with Gasteiger partial charge in [0, 0.05) is 5.41 Å². The topological polar surface area (TPSA) is 56.3 Å². The van der Waals surface area contributed by atoms with E-state index < -0.39 is 5.97 Å². The first-order valence-electron chi connectivity index (χ1n) is 8.59. The molecule has 4 bridgehead atoms. The highest BCUT2D eigenvalue weighted by atomic mass is 32.1. The Morgan fingerprint density at radius 1 is 1.13 bits per heavy atom. The lowest BCUT2D eigenvalue weighted by Gasteiger charge is -2.55. The van der Waals surface area contributed by atoms with Crippen molar-refractivity contribution in [2.24, 2.45) is 23.2 Å². The van der Waals surface area contributed by atoms with Crippen molar-refractivity contribution in [2.75, 3.05) is 6.61 Å². The molecule has 0 saturated heterocycles. The minimum absolute atomic E-state index is 0.0681. The van der Waals surface area contributed by atoms with Crippen molar-refractivity contribution in [2.45, 2.75) is 52.4 Å². The first kappa shape index (κ1) is 15.3. The zero-order valence-electron chi connectivity index (χ0n) is 13.8. The van der Waals surface area contributed by atoms with E-state index in [2.05, 4.69) is 4.98 Å². The fourth-order valence-corrected chi connectivity index (χ4v) is 6.34. The number of hydrogen-bond acceptors (Lipinski definition) is 5. The summed E-state index contributed by atoms with van der Waals surface area (Å²) in [4.78, 5) is 29.8. The number of rotatable bonds is 4. The minimum Gasteiger partial charge on any atom is -0.453 e.